The van der Waals surface area contributed by atoms with Gasteiger partial charge in [0.05, 0.1) is 5.92 Å². The van der Waals surface area contributed by atoms with Gasteiger partial charge in [-0.15, -0.1) is 0 Å². The van der Waals surface area contributed by atoms with E-state index in [-0.39, 0.29) is 37.1 Å². The van der Waals surface area contributed by atoms with Gasteiger partial charge < -0.3 is 15.5 Å². The maximum atomic E-state index is 12.4. The van der Waals surface area contributed by atoms with Gasteiger partial charge in [0.15, 0.2) is 0 Å². The highest BCUT2D eigenvalue weighted by atomic mass is 79.9. The van der Waals surface area contributed by atoms with E-state index < -0.39 is 5.92 Å². The van der Waals surface area contributed by atoms with E-state index >= 15 is 0 Å². The van der Waals surface area contributed by atoms with Crippen molar-refractivity contribution in [1.82, 2.24) is 5.32 Å². The van der Waals surface area contributed by atoms with Crippen molar-refractivity contribution in [2.45, 2.75) is 26.7 Å². The molecule has 2 aromatic rings. The Morgan fingerprint density at radius 1 is 1.14 bits per heavy atom. The third-order valence-corrected chi connectivity index (χ3v) is 5.46. The molecule has 3 rings (SSSR count). The van der Waals surface area contributed by atoms with E-state index in [0.717, 1.165) is 27.0 Å². The number of halogens is 1. The van der Waals surface area contributed by atoms with Crippen LogP contribution in [-0.4, -0.2) is 30.8 Å². The topological polar surface area (TPSA) is 78.5 Å². The molecular weight excluding hydrogens is 434 g/mol. The van der Waals surface area contributed by atoms with E-state index in [9.17, 15) is 14.4 Å². The number of carbonyl (C=O) groups is 3. The maximum absolute atomic E-state index is 12.4. The van der Waals surface area contributed by atoms with Crippen LogP contribution < -0.4 is 15.5 Å². The van der Waals surface area contributed by atoms with Crippen LogP contribution in [0, 0.1) is 19.8 Å². The molecular formula is C22H24BrN3O3. The standard InChI is InChI=1S/C22H24BrN3O3/c1-14-3-7-18(8-4-14)26-13-16(11-21(26)28)22(29)24-10-9-20(27)25-19-12-17(23)6-5-15(19)2/h3-8,12,16H,9-11,13H2,1-2H3,(H,24,29)(H,25,27). The maximum Gasteiger partial charge on any atom is 0.227 e. The first-order chi connectivity index (χ1) is 13.8. The number of anilines is 2. The predicted molar refractivity (Wildman–Crippen MR) is 117 cm³/mol. The van der Waals surface area contributed by atoms with Gasteiger partial charge in [-0.1, -0.05) is 39.7 Å². The van der Waals surface area contributed by atoms with Crippen molar-refractivity contribution in [2.24, 2.45) is 5.92 Å². The second-order valence-electron chi connectivity index (χ2n) is 7.29. The Labute approximate surface area is 178 Å². The number of rotatable bonds is 6. The number of aryl methyl sites for hydroxylation is 2. The minimum atomic E-state index is -0.404. The summed E-state index contributed by atoms with van der Waals surface area (Å²) < 4.78 is 0.885. The second kappa shape index (κ2) is 9.22. The lowest BCUT2D eigenvalue weighted by atomic mass is 10.1. The molecule has 1 aliphatic heterocycles. The van der Waals surface area contributed by atoms with Crippen LogP contribution in [0.1, 0.15) is 24.0 Å². The molecule has 1 atom stereocenters. The minimum Gasteiger partial charge on any atom is -0.355 e. The Morgan fingerprint density at radius 3 is 2.59 bits per heavy atom. The minimum absolute atomic E-state index is 0.0584. The first-order valence-electron chi connectivity index (χ1n) is 9.54. The molecule has 3 amide bonds. The molecule has 2 N–H and O–H groups in total. The number of nitrogens with zero attached hydrogens (tertiary/aromatic N) is 1. The Kier molecular flexibility index (Phi) is 6.69. The molecule has 0 spiro atoms. The first kappa shape index (κ1) is 21.0. The van der Waals surface area contributed by atoms with Crippen LogP contribution in [0.3, 0.4) is 0 Å². The largest absolute Gasteiger partial charge is 0.355 e. The Balaban J connectivity index is 1.47. The van der Waals surface area contributed by atoms with Gasteiger partial charge >= 0.3 is 0 Å². The fourth-order valence-corrected chi connectivity index (χ4v) is 3.60. The van der Waals surface area contributed by atoms with Crippen molar-refractivity contribution in [2.75, 3.05) is 23.3 Å². The van der Waals surface area contributed by atoms with Gasteiger partial charge in [0.25, 0.3) is 0 Å². The van der Waals surface area contributed by atoms with E-state index in [0.29, 0.717) is 6.54 Å². The third-order valence-electron chi connectivity index (χ3n) is 4.97. The van der Waals surface area contributed by atoms with Gasteiger partial charge in [-0.25, -0.2) is 0 Å². The van der Waals surface area contributed by atoms with Gasteiger partial charge in [0.1, 0.15) is 0 Å². The van der Waals surface area contributed by atoms with Gasteiger partial charge in [0, 0.05) is 41.8 Å². The summed E-state index contributed by atoms with van der Waals surface area (Å²) in [7, 11) is 0. The lowest BCUT2D eigenvalue weighted by Crippen LogP contribution is -2.34. The molecule has 0 radical (unpaired) electrons. The molecule has 6 nitrogen and oxygen atoms in total. The van der Waals surface area contributed by atoms with E-state index in [1.165, 1.54) is 0 Å². The zero-order chi connectivity index (χ0) is 21.0. The van der Waals surface area contributed by atoms with Crippen molar-refractivity contribution in [3.63, 3.8) is 0 Å². The summed E-state index contributed by atoms with van der Waals surface area (Å²) in [6.07, 6.45) is 0.350. The number of hydrogen-bond acceptors (Lipinski definition) is 3. The van der Waals surface area contributed by atoms with Crippen molar-refractivity contribution in [3.05, 3.63) is 58.1 Å². The fraction of sp³-hybridized carbons (Fsp3) is 0.318. The molecule has 1 aliphatic rings. The summed E-state index contributed by atoms with van der Waals surface area (Å²) in [4.78, 5) is 38.5. The summed E-state index contributed by atoms with van der Waals surface area (Å²) in [6, 6.07) is 13.3. The number of nitrogens with one attached hydrogen (secondary N) is 2. The van der Waals surface area contributed by atoms with E-state index in [2.05, 4.69) is 26.6 Å². The van der Waals surface area contributed by atoms with Crippen LogP contribution in [0.25, 0.3) is 0 Å². The van der Waals surface area contributed by atoms with Crippen molar-refractivity contribution < 1.29 is 14.4 Å². The number of amides is 3. The average molecular weight is 458 g/mol. The quantitative estimate of drug-likeness (QED) is 0.695. The van der Waals surface area contributed by atoms with Crippen molar-refractivity contribution in [3.8, 4) is 0 Å². The monoisotopic (exact) mass is 457 g/mol. The van der Waals surface area contributed by atoms with E-state index in [4.69, 9.17) is 0 Å². The molecule has 1 unspecified atom stereocenters. The lowest BCUT2D eigenvalue weighted by molar-refractivity contribution is -0.126. The highest BCUT2D eigenvalue weighted by Crippen LogP contribution is 2.25. The Hall–Kier alpha value is -2.67. The van der Waals surface area contributed by atoms with E-state index in [1.807, 2.05) is 56.3 Å². The molecule has 1 heterocycles. The van der Waals surface area contributed by atoms with E-state index in [1.54, 1.807) is 4.90 Å². The molecule has 0 saturated carbocycles. The molecule has 2 aromatic carbocycles. The SMILES string of the molecule is Cc1ccc(N2CC(C(=O)NCCC(=O)Nc3cc(Br)ccc3C)CC2=O)cc1. The van der Waals surface area contributed by atoms with Gasteiger partial charge in [0.2, 0.25) is 17.7 Å². The molecule has 29 heavy (non-hydrogen) atoms. The van der Waals surface area contributed by atoms with Crippen LogP contribution >= 0.6 is 15.9 Å². The van der Waals surface area contributed by atoms with Gasteiger partial charge in [-0.3, -0.25) is 14.4 Å². The van der Waals surface area contributed by atoms with Crippen molar-refractivity contribution >= 4 is 45.0 Å². The summed E-state index contributed by atoms with van der Waals surface area (Å²) in [5.74, 6) is -0.828. The Morgan fingerprint density at radius 2 is 1.86 bits per heavy atom. The molecule has 1 saturated heterocycles. The van der Waals surface area contributed by atoms with Crippen LogP contribution in [0.4, 0.5) is 11.4 Å². The summed E-state index contributed by atoms with van der Waals surface area (Å²) >= 11 is 3.39. The first-order valence-corrected chi connectivity index (χ1v) is 10.3. The molecule has 152 valence electrons. The summed E-state index contributed by atoms with van der Waals surface area (Å²) in [6.45, 7) is 4.49. The molecule has 1 fully saturated rings. The zero-order valence-corrected chi connectivity index (χ0v) is 18.1. The molecule has 0 aromatic heterocycles. The van der Waals surface area contributed by atoms with Crippen LogP contribution in [-0.2, 0) is 14.4 Å². The number of hydrogen-bond donors (Lipinski definition) is 2. The smallest absolute Gasteiger partial charge is 0.227 e. The Bertz CT molecular complexity index is 927. The zero-order valence-electron chi connectivity index (χ0n) is 16.5. The van der Waals surface area contributed by atoms with Gasteiger partial charge in [-0.2, -0.15) is 0 Å². The number of benzene rings is 2. The van der Waals surface area contributed by atoms with Gasteiger partial charge in [-0.05, 0) is 43.7 Å². The second-order valence-corrected chi connectivity index (χ2v) is 8.21. The number of carbonyl (C=O) groups excluding carboxylic acids is 3. The highest BCUT2D eigenvalue weighted by molar-refractivity contribution is 9.10. The summed E-state index contributed by atoms with van der Waals surface area (Å²) in [5, 5.41) is 5.63. The van der Waals surface area contributed by atoms with Crippen molar-refractivity contribution in [1.29, 1.82) is 0 Å². The van der Waals surface area contributed by atoms with Crippen LogP contribution in [0.2, 0.25) is 0 Å². The molecule has 7 heteroatoms. The summed E-state index contributed by atoms with van der Waals surface area (Å²) in [5.41, 5.74) is 3.63. The lowest BCUT2D eigenvalue weighted by Gasteiger charge is -2.17. The predicted octanol–water partition coefficient (Wildman–Crippen LogP) is 3.56. The third kappa shape index (κ3) is 5.44. The van der Waals surface area contributed by atoms with Crippen LogP contribution in [0.5, 0.6) is 0 Å². The highest BCUT2D eigenvalue weighted by Gasteiger charge is 2.34. The van der Waals surface area contributed by atoms with Crippen LogP contribution in [0.15, 0.2) is 46.9 Å². The average Bonchev–Trinajstić information content (AvgIpc) is 3.07. The molecule has 0 bridgehead atoms. The molecule has 0 aliphatic carbocycles. The normalized spacial score (nSPS) is 16.0. The fourth-order valence-electron chi connectivity index (χ4n) is 3.24.